The van der Waals surface area contributed by atoms with Crippen molar-refractivity contribution in [1.82, 2.24) is 0 Å². The van der Waals surface area contributed by atoms with Gasteiger partial charge >= 0.3 is 11.9 Å². The predicted octanol–water partition coefficient (Wildman–Crippen LogP) is 4.18. The Hall–Kier alpha value is -1.32. The number of hydrogen-bond acceptors (Lipinski definition) is 4. The van der Waals surface area contributed by atoms with E-state index in [9.17, 15) is 9.59 Å². The lowest BCUT2D eigenvalue weighted by Gasteiger charge is -2.31. The zero-order valence-corrected chi connectivity index (χ0v) is 14.2. The summed E-state index contributed by atoms with van der Waals surface area (Å²) in [6.45, 7) is 9.36. The molecule has 4 nitrogen and oxygen atoms in total. The Morgan fingerprint density at radius 1 is 1.14 bits per heavy atom. The molecule has 0 amide bonds. The Kier molecular flexibility index (Phi) is 8.21. The van der Waals surface area contributed by atoms with E-state index in [4.69, 9.17) is 9.47 Å². The van der Waals surface area contributed by atoms with E-state index in [1.807, 2.05) is 6.92 Å². The van der Waals surface area contributed by atoms with Crippen molar-refractivity contribution in [3.05, 3.63) is 12.2 Å². The number of ether oxygens (including phenoxy) is 2. The van der Waals surface area contributed by atoms with Gasteiger partial charge in [0.15, 0.2) is 0 Å². The highest BCUT2D eigenvalue weighted by molar-refractivity contribution is 5.87. The van der Waals surface area contributed by atoms with Crippen LogP contribution in [-0.4, -0.2) is 24.1 Å². The molecular weight excluding hydrogens is 280 g/mol. The van der Waals surface area contributed by atoms with Crippen molar-refractivity contribution < 1.29 is 19.1 Å². The maximum Gasteiger partial charge on any atom is 0.333 e. The molecule has 126 valence electrons. The van der Waals surface area contributed by atoms with E-state index >= 15 is 0 Å². The Labute approximate surface area is 134 Å². The number of rotatable bonds is 8. The average Bonchev–Trinajstić information content (AvgIpc) is 2.49. The molecular formula is C18H30O4. The molecule has 0 aliphatic heterocycles. The van der Waals surface area contributed by atoms with Crippen LogP contribution in [0, 0.1) is 5.92 Å². The molecule has 1 aliphatic carbocycles. The number of hydrogen-bond donors (Lipinski definition) is 0. The number of unbranched alkanes of at least 4 members (excludes halogenated alkanes) is 1. The number of esters is 2. The van der Waals surface area contributed by atoms with Gasteiger partial charge in [-0.1, -0.05) is 33.3 Å². The predicted molar refractivity (Wildman–Crippen MR) is 86.3 cm³/mol. The van der Waals surface area contributed by atoms with Gasteiger partial charge in [-0.2, -0.15) is 0 Å². The first-order chi connectivity index (χ1) is 10.5. The van der Waals surface area contributed by atoms with Crippen LogP contribution in [0.4, 0.5) is 0 Å². The molecule has 0 heterocycles. The van der Waals surface area contributed by atoms with E-state index in [1.54, 1.807) is 6.92 Å². The lowest BCUT2D eigenvalue weighted by molar-refractivity contribution is -0.172. The van der Waals surface area contributed by atoms with E-state index < -0.39 is 5.97 Å². The van der Waals surface area contributed by atoms with E-state index in [2.05, 4.69) is 13.5 Å². The van der Waals surface area contributed by atoms with Crippen molar-refractivity contribution >= 4 is 11.9 Å². The second-order valence-electron chi connectivity index (χ2n) is 6.23. The van der Waals surface area contributed by atoms with Crippen molar-refractivity contribution in [3.8, 4) is 0 Å². The largest absolute Gasteiger partial charge is 0.458 e. The fraction of sp³-hybridized carbons (Fsp3) is 0.778. The molecule has 1 saturated carbocycles. The lowest BCUT2D eigenvalue weighted by atomic mass is 9.93. The fourth-order valence-electron chi connectivity index (χ4n) is 2.76. The molecule has 4 heteroatoms. The van der Waals surface area contributed by atoms with E-state index in [0.717, 1.165) is 51.4 Å². The van der Waals surface area contributed by atoms with Crippen molar-refractivity contribution in [1.29, 1.82) is 0 Å². The van der Waals surface area contributed by atoms with Crippen LogP contribution < -0.4 is 0 Å². The molecule has 0 aromatic rings. The smallest absolute Gasteiger partial charge is 0.333 e. The van der Waals surface area contributed by atoms with Crippen LogP contribution in [-0.2, 0) is 19.1 Å². The molecule has 0 radical (unpaired) electrons. The first-order valence-electron chi connectivity index (χ1n) is 8.56. The SMILES string of the molecule is C=C(C)C(=O)OC1CCCCC1OC(=O)C(CC)CCCC. The maximum absolute atomic E-state index is 12.3. The highest BCUT2D eigenvalue weighted by atomic mass is 16.6. The van der Waals surface area contributed by atoms with Gasteiger partial charge in [-0.05, 0) is 45.4 Å². The molecule has 1 rings (SSSR count). The monoisotopic (exact) mass is 310 g/mol. The summed E-state index contributed by atoms with van der Waals surface area (Å²) in [4.78, 5) is 24.0. The summed E-state index contributed by atoms with van der Waals surface area (Å²) < 4.78 is 11.1. The van der Waals surface area contributed by atoms with Crippen molar-refractivity contribution in [2.24, 2.45) is 5.92 Å². The van der Waals surface area contributed by atoms with Gasteiger partial charge in [0.2, 0.25) is 0 Å². The third kappa shape index (κ3) is 5.82. The van der Waals surface area contributed by atoms with Crippen LogP contribution in [0.25, 0.3) is 0 Å². The molecule has 0 bridgehead atoms. The summed E-state index contributed by atoms with van der Waals surface area (Å²) in [5.74, 6) is -0.579. The highest BCUT2D eigenvalue weighted by Gasteiger charge is 2.33. The second-order valence-corrected chi connectivity index (χ2v) is 6.23. The van der Waals surface area contributed by atoms with Crippen molar-refractivity contribution in [2.45, 2.75) is 84.3 Å². The highest BCUT2D eigenvalue weighted by Crippen LogP contribution is 2.26. The van der Waals surface area contributed by atoms with Gasteiger partial charge in [0, 0.05) is 5.57 Å². The molecule has 22 heavy (non-hydrogen) atoms. The number of carbonyl (C=O) groups excluding carboxylic acids is 2. The van der Waals surface area contributed by atoms with Crippen LogP contribution in [0.5, 0.6) is 0 Å². The van der Waals surface area contributed by atoms with Gasteiger partial charge in [-0.25, -0.2) is 4.79 Å². The quantitative estimate of drug-likeness (QED) is 0.498. The molecule has 1 aliphatic rings. The Bertz CT molecular complexity index is 389. The number of carbonyl (C=O) groups is 2. The molecule has 0 aromatic carbocycles. The minimum Gasteiger partial charge on any atom is -0.458 e. The third-order valence-electron chi connectivity index (χ3n) is 4.25. The van der Waals surface area contributed by atoms with Crippen LogP contribution >= 0.6 is 0 Å². The van der Waals surface area contributed by atoms with Crippen molar-refractivity contribution in [3.63, 3.8) is 0 Å². The molecule has 0 N–H and O–H groups in total. The van der Waals surface area contributed by atoms with Crippen LogP contribution in [0.2, 0.25) is 0 Å². The average molecular weight is 310 g/mol. The summed E-state index contributed by atoms with van der Waals surface area (Å²) in [7, 11) is 0. The van der Waals surface area contributed by atoms with Gasteiger partial charge in [0.05, 0.1) is 5.92 Å². The van der Waals surface area contributed by atoms with Gasteiger partial charge < -0.3 is 9.47 Å². The zero-order valence-electron chi connectivity index (χ0n) is 14.2. The summed E-state index contributed by atoms with van der Waals surface area (Å²) in [5, 5.41) is 0. The fourth-order valence-corrected chi connectivity index (χ4v) is 2.76. The first-order valence-corrected chi connectivity index (χ1v) is 8.56. The standard InChI is InChI=1S/C18H30O4/c1-5-7-10-14(6-2)18(20)22-16-12-9-8-11-15(16)21-17(19)13(3)4/h14-16H,3,5-12H2,1-2,4H3. The molecule has 0 saturated heterocycles. The molecule has 3 atom stereocenters. The first kappa shape index (κ1) is 18.7. The van der Waals surface area contributed by atoms with E-state index in [1.165, 1.54) is 0 Å². The van der Waals surface area contributed by atoms with Crippen LogP contribution in [0.3, 0.4) is 0 Å². The van der Waals surface area contributed by atoms with Gasteiger partial charge in [0.1, 0.15) is 12.2 Å². The van der Waals surface area contributed by atoms with Crippen LogP contribution in [0.1, 0.15) is 72.1 Å². The third-order valence-corrected chi connectivity index (χ3v) is 4.25. The molecule has 1 fully saturated rings. The molecule has 0 aromatic heterocycles. The van der Waals surface area contributed by atoms with Gasteiger partial charge in [-0.3, -0.25) is 4.79 Å². The summed E-state index contributed by atoms with van der Waals surface area (Å²) in [5.41, 5.74) is 0.380. The van der Waals surface area contributed by atoms with E-state index in [-0.39, 0.29) is 24.1 Å². The Balaban J connectivity index is 2.60. The zero-order chi connectivity index (χ0) is 16.5. The van der Waals surface area contributed by atoms with E-state index in [0.29, 0.717) is 5.57 Å². The summed E-state index contributed by atoms with van der Waals surface area (Å²) >= 11 is 0. The molecule has 0 spiro atoms. The molecule has 3 unspecified atom stereocenters. The van der Waals surface area contributed by atoms with Crippen LogP contribution in [0.15, 0.2) is 12.2 Å². The second kappa shape index (κ2) is 9.65. The Morgan fingerprint density at radius 2 is 1.73 bits per heavy atom. The summed E-state index contributed by atoms with van der Waals surface area (Å²) in [6.07, 6.45) is 6.66. The minimum atomic E-state index is -0.397. The maximum atomic E-state index is 12.3. The lowest BCUT2D eigenvalue weighted by Crippen LogP contribution is -2.39. The van der Waals surface area contributed by atoms with Gasteiger partial charge in [-0.15, -0.1) is 0 Å². The normalized spacial score (nSPS) is 22.7. The minimum absolute atomic E-state index is 0.0423. The van der Waals surface area contributed by atoms with Crippen molar-refractivity contribution in [2.75, 3.05) is 0 Å². The van der Waals surface area contributed by atoms with Gasteiger partial charge in [0.25, 0.3) is 0 Å². The summed E-state index contributed by atoms with van der Waals surface area (Å²) in [6, 6.07) is 0. The topological polar surface area (TPSA) is 52.6 Å². The Morgan fingerprint density at radius 3 is 2.23 bits per heavy atom.